The number of hydrogen-bond donors (Lipinski definition) is 0. The predicted octanol–water partition coefficient (Wildman–Crippen LogP) is 4.53. The van der Waals surface area contributed by atoms with E-state index >= 15 is 0 Å². The van der Waals surface area contributed by atoms with Crippen LogP contribution in [0.4, 0.5) is 5.69 Å². The summed E-state index contributed by atoms with van der Waals surface area (Å²) in [6, 6.07) is 7.88. The Morgan fingerprint density at radius 3 is 2.37 bits per heavy atom. The number of halogens is 3. The summed E-state index contributed by atoms with van der Waals surface area (Å²) in [5, 5.41) is 0.453. The van der Waals surface area contributed by atoms with Gasteiger partial charge < -0.3 is 0 Å². The summed E-state index contributed by atoms with van der Waals surface area (Å²) < 4.78 is 26.4. The monoisotopic (exact) mass is 355 g/mol. The second-order valence-corrected chi connectivity index (χ2v) is 8.30. The zero-order valence-electron chi connectivity index (χ0n) is 9.60. The van der Waals surface area contributed by atoms with E-state index in [9.17, 15) is 8.42 Å². The van der Waals surface area contributed by atoms with Gasteiger partial charge in [-0.3, -0.25) is 4.31 Å². The van der Waals surface area contributed by atoms with Gasteiger partial charge in [-0.05, 0) is 24.3 Å². The Morgan fingerprint density at radius 2 is 1.84 bits per heavy atom. The van der Waals surface area contributed by atoms with Crippen molar-refractivity contribution in [2.75, 3.05) is 11.4 Å². The molecule has 0 saturated heterocycles. The Balaban J connectivity index is 2.48. The maximum absolute atomic E-state index is 12.4. The second kappa shape index (κ2) is 5.50. The van der Waals surface area contributed by atoms with E-state index in [1.54, 1.807) is 24.3 Å². The van der Waals surface area contributed by atoms with Crippen molar-refractivity contribution >= 4 is 61.9 Å². The van der Waals surface area contributed by atoms with E-state index in [4.69, 9.17) is 34.8 Å². The first kappa shape index (κ1) is 14.9. The van der Waals surface area contributed by atoms with Gasteiger partial charge in [-0.1, -0.05) is 40.9 Å². The first-order valence-corrected chi connectivity index (χ1v) is 8.41. The molecule has 2 rings (SSSR count). The molecule has 0 amide bonds. The summed E-state index contributed by atoms with van der Waals surface area (Å²) in [5.41, 5.74) is 0.450. The van der Waals surface area contributed by atoms with Crippen LogP contribution in [0.15, 0.2) is 35.2 Å². The van der Waals surface area contributed by atoms with Crippen LogP contribution < -0.4 is 4.31 Å². The van der Waals surface area contributed by atoms with E-state index < -0.39 is 10.0 Å². The molecule has 0 fully saturated rings. The number of rotatable bonds is 3. The number of hydrogen-bond acceptors (Lipinski definition) is 3. The van der Waals surface area contributed by atoms with Crippen LogP contribution >= 0.6 is 46.1 Å². The number of thiophene rings is 1. The van der Waals surface area contributed by atoms with Gasteiger partial charge in [0.25, 0.3) is 10.0 Å². The molecule has 0 N–H and O–H groups in total. The third-order valence-corrected chi connectivity index (χ3v) is 6.21. The van der Waals surface area contributed by atoms with Crippen molar-refractivity contribution < 1.29 is 8.42 Å². The lowest BCUT2D eigenvalue weighted by atomic mass is 10.3. The van der Waals surface area contributed by atoms with Crippen molar-refractivity contribution in [3.05, 3.63) is 44.0 Å². The Bertz CT molecular complexity index is 712. The van der Waals surface area contributed by atoms with Crippen LogP contribution in [0, 0.1) is 0 Å². The topological polar surface area (TPSA) is 37.4 Å². The highest BCUT2D eigenvalue weighted by Gasteiger charge is 2.26. The molecular formula is C11H8Cl3NO2S2. The minimum absolute atomic E-state index is 0.00774. The molecule has 0 unspecified atom stereocenters. The van der Waals surface area contributed by atoms with Crippen LogP contribution in [0.3, 0.4) is 0 Å². The fourth-order valence-electron chi connectivity index (χ4n) is 1.46. The highest BCUT2D eigenvalue weighted by atomic mass is 35.5. The third kappa shape index (κ3) is 3.01. The normalized spacial score (nSPS) is 11.6. The third-order valence-electron chi connectivity index (χ3n) is 2.44. The molecule has 8 heteroatoms. The van der Waals surface area contributed by atoms with E-state index in [0.717, 1.165) is 15.6 Å². The molecule has 102 valence electrons. The number of sulfonamides is 1. The van der Waals surface area contributed by atoms with E-state index in [2.05, 4.69) is 0 Å². The van der Waals surface area contributed by atoms with Crippen molar-refractivity contribution in [2.24, 2.45) is 0 Å². The maximum atomic E-state index is 12.4. The molecule has 0 spiro atoms. The zero-order valence-corrected chi connectivity index (χ0v) is 13.5. The quantitative estimate of drug-likeness (QED) is 0.810. The van der Waals surface area contributed by atoms with Crippen molar-refractivity contribution in [1.82, 2.24) is 0 Å². The molecule has 2 aromatic rings. The highest BCUT2D eigenvalue weighted by Crippen LogP contribution is 2.36. The van der Waals surface area contributed by atoms with Crippen molar-refractivity contribution in [3.63, 3.8) is 0 Å². The lowest BCUT2D eigenvalue weighted by Gasteiger charge is -2.19. The molecule has 0 bridgehead atoms. The second-order valence-electron chi connectivity index (χ2n) is 3.64. The molecule has 3 nitrogen and oxygen atoms in total. The Kier molecular flexibility index (Phi) is 4.32. The van der Waals surface area contributed by atoms with Crippen LogP contribution in [0.2, 0.25) is 13.7 Å². The summed E-state index contributed by atoms with van der Waals surface area (Å²) >= 11 is 18.5. The van der Waals surface area contributed by atoms with Crippen LogP contribution in [0.25, 0.3) is 0 Å². The fraction of sp³-hybridized carbons (Fsp3) is 0.0909. The molecule has 0 aliphatic heterocycles. The molecule has 1 heterocycles. The van der Waals surface area contributed by atoms with Crippen molar-refractivity contribution in [3.8, 4) is 0 Å². The van der Waals surface area contributed by atoms with E-state index in [-0.39, 0.29) is 9.23 Å². The smallest absolute Gasteiger partial charge is 0.266 e. The lowest BCUT2D eigenvalue weighted by molar-refractivity contribution is 0.595. The van der Waals surface area contributed by atoms with E-state index in [1.807, 2.05) is 0 Å². The summed E-state index contributed by atoms with van der Waals surface area (Å²) in [4.78, 5) is -0.00774. The highest BCUT2D eigenvalue weighted by molar-refractivity contribution is 7.93. The molecule has 0 aliphatic rings. The van der Waals surface area contributed by atoms with Gasteiger partial charge >= 0.3 is 0 Å². The SMILES string of the molecule is CN(c1cccc(Cl)c1)S(=O)(=O)c1cc(Cl)sc1Cl. The Labute approximate surface area is 130 Å². The number of nitrogens with zero attached hydrogens (tertiary/aromatic N) is 1. The van der Waals surface area contributed by atoms with Gasteiger partial charge in [0.15, 0.2) is 0 Å². The molecule has 0 radical (unpaired) electrons. The number of benzene rings is 1. The van der Waals surface area contributed by atoms with Crippen LogP contribution in [-0.2, 0) is 10.0 Å². The number of anilines is 1. The summed E-state index contributed by atoms with van der Waals surface area (Å²) in [6.45, 7) is 0. The van der Waals surface area contributed by atoms with E-state index in [1.165, 1.54) is 13.1 Å². The first-order chi connectivity index (χ1) is 8.82. The van der Waals surface area contributed by atoms with Crippen molar-refractivity contribution in [2.45, 2.75) is 4.90 Å². The first-order valence-electron chi connectivity index (χ1n) is 5.01. The minimum atomic E-state index is -3.75. The fourth-order valence-corrected chi connectivity index (χ4v) is 4.94. The van der Waals surface area contributed by atoms with Gasteiger partial charge in [0.1, 0.15) is 9.23 Å². The predicted molar refractivity (Wildman–Crippen MR) is 81.4 cm³/mol. The average Bonchev–Trinajstić information content (AvgIpc) is 2.68. The molecule has 1 aromatic heterocycles. The maximum Gasteiger partial charge on any atom is 0.266 e. The standard InChI is InChI=1S/C11H8Cl3NO2S2/c1-15(8-4-2-3-7(12)5-8)19(16,17)9-6-10(13)18-11(9)14/h2-6H,1H3. The summed E-state index contributed by atoms with van der Waals surface area (Å²) in [6.07, 6.45) is 0. The van der Waals surface area contributed by atoms with Gasteiger partial charge in [0.2, 0.25) is 0 Å². The van der Waals surface area contributed by atoms with Crippen molar-refractivity contribution in [1.29, 1.82) is 0 Å². The molecule has 0 saturated carbocycles. The average molecular weight is 357 g/mol. The van der Waals surface area contributed by atoms with Gasteiger partial charge in [-0.25, -0.2) is 8.42 Å². The molecular weight excluding hydrogens is 349 g/mol. The van der Waals surface area contributed by atoms with Gasteiger partial charge in [0, 0.05) is 12.1 Å². The summed E-state index contributed by atoms with van der Waals surface area (Å²) in [7, 11) is -2.32. The molecule has 1 aromatic carbocycles. The minimum Gasteiger partial charge on any atom is -0.269 e. The molecule has 0 atom stereocenters. The summed E-state index contributed by atoms with van der Waals surface area (Å²) in [5.74, 6) is 0. The zero-order chi connectivity index (χ0) is 14.2. The Morgan fingerprint density at radius 1 is 1.16 bits per heavy atom. The van der Waals surface area contributed by atoms with Gasteiger partial charge in [-0.2, -0.15) is 0 Å². The van der Waals surface area contributed by atoms with E-state index in [0.29, 0.717) is 15.0 Å². The largest absolute Gasteiger partial charge is 0.269 e. The van der Waals surface area contributed by atoms with Crippen LogP contribution in [0.5, 0.6) is 0 Å². The Hall–Kier alpha value is -0.460. The lowest BCUT2D eigenvalue weighted by Crippen LogP contribution is -2.26. The van der Waals surface area contributed by atoms with Crippen LogP contribution in [0.1, 0.15) is 0 Å². The van der Waals surface area contributed by atoms with Gasteiger partial charge in [-0.15, -0.1) is 11.3 Å². The van der Waals surface area contributed by atoms with Gasteiger partial charge in [0.05, 0.1) is 10.0 Å². The van der Waals surface area contributed by atoms with Crippen LogP contribution in [-0.4, -0.2) is 15.5 Å². The molecule has 19 heavy (non-hydrogen) atoms. The molecule has 0 aliphatic carbocycles.